The average Bonchev–Trinajstić information content (AvgIpc) is 2.72. The fourth-order valence-corrected chi connectivity index (χ4v) is 3.45. The van der Waals surface area contributed by atoms with Crippen LogP contribution < -0.4 is 4.74 Å². The zero-order valence-electron chi connectivity index (χ0n) is 18.5. The van der Waals surface area contributed by atoms with Crippen LogP contribution in [0, 0.1) is 5.92 Å². The average molecular weight is 395 g/mol. The molecule has 0 aromatic heterocycles. The summed E-state index contributed by atoms with van der Waals surface area (Å²) in [5.74, 6) is -0.122. The predicted octanol–water partition coefficient (Wildman–Crippen LogP) is 6.64. The van der Waals surface area contributed by atoms with E-state index in [0.717, 1.165) is 25.7 Å². The van der Waals surface area contributed by atoms with Gasteiger partial charge in [-0.15, -0.1) is 0 Å². The van der Waals surface area contributed by atoms with Crippen LogP contribution in [0.25, 0.3) is 0 Å². The molecular weight excluding hydrogens is 360 g/mol. The lowest BCUT2D eigenvalue weighted by Gasteiger charge is -2.20. The van der Waals surface area contributed by atoms with E-state index in [1.165, 1.54) is 5.56 Å². The summed E-state index contributed by atoms with van der Waals surface area (Å²) in [6.07, 6.45) is 4.76. The Labute approximate surface area is 175 Å². The normalized spacial score (nSPS) is 12.4. The molecule has 0 aliphatic rings. The van der Waals surface area contributed by atoms with Gasteiger partial charge in [0.15, 0.2) is 11.6 Å². The molecule has 2 aromatic rings. The summed E-state index contributed by atoms with van der Waals surface area (Å²) in [6.45, 7) is 8.59. The van der Waals surface area contributed by atoms with Crippen molar-refractivity contribution in [3.8, 4) is 5.75 Å². The Morgan fingerprint density at radius 1 is 0.828 bits per heavy atom. The van der Waals surface area contributed by atoms with E-state index in [4.69, 9.17) is 4.74 Å². The van der Waals surface area contributed by atoms with E-state index in [0.29, 0.717) is 23.3 Å². The zero-order valence-corrected chi connectivity index (χ0v) is 18.5. The van der Waals surface area contributed by atoms with E-state index in [1.807, 2.05) is 24.3 Å². The molecule has 0 N–H and O–H groups in total. The van der Waals surface area contributed by atoms with Gasteiger partial charge in [0.05, 0.1) is 13.0 Å². The van der Waals surface area contributed by atoms with Crippen LogP contribution in [0.5, 0.6) is 5.75 Å². The van der Waals surface area contributed by atoms with E-state index < -0.39 is 5.92 Å². The third-order valence-corrected chi connectivity index (χ3v) is 5.39. The maximum absolute atomic E-state index is 13.3. The number of ketones is 2. The van der Waals surface area contributed by atoms with Crippen molar-refractivity contribution < 1.29 is 14.3 Å². The summed E-state index contributed by atoms with van der Waals surface area (Å²) in [5.41, 5.74) is 2.38. The minimum Gasteiger partial charge on any atom is -0.497 e. The van der Waals surface area contributed by atoms with Crippen molar-refractivity contribution in [2.24, 2.45) is 5.92 Å². The molecule has 156 valence electrons. The summed E-state index contributed by atoms with van der Waals surface area (Å²) in [6, 6.07) is 14.8. The molecule has 2 rings (SSSR count). The number of carbonyl (C=O) groups excluding carboxylic acids is 2. The quantitative estimate of drug-likeness (QED) is 0.257. The zero-order chi connectivity index (χ0) is 21.4. The second-order valence-electron chi connectivity index (χ2n) is 8.69. The molecule has 0 aliphatic heterocycles. The number of benzene rings is 2. The molecule has 1 unspecified atom stereocenters. The van der Waals surface area contributed by atoms with Gasteiger partial charge in [0.25, 0.3) is 0 Å². The fraction of sp³-hybridized carbons (Fsp3) is 0.462. The van der Waals surface area contributed by atoms with Crippen molar-refractivity contribution in [2.45, 2.75) is 65.2 Å². The molecule has 0 saturated heterocycles. The van der Waals surface area contributed by atoms with E-state index in [-0.39, 0.29) is 17.0 Å². The van der Waals surface area contributed by atoms with Gasteiger partial charge >= 0.3 is 0 Å². The highest BCUT2D eigenvalue weighted by atomic mass is 16.5. The first-order valence-corrected chi connectivity index (χ1v) is 10.6. The lowest BCUT2D eigenvalue weighted by molar-refractivity contribution is 0.0797. The van der Waals surface area contributed by atoms with Crippen molar-refractivity contribution >= 4 is 11.6 Å². The van der Waals surface area contributed by atoms with Crippen LogP contribution in [0.4, 0.5) is 0 Å². The first-order valence-electron chi connectivity index (χ1n) is 10.6. The molecule has 1 atom stereocenters. The second kappa shape index (κ2) is 10.4. The smallest absolute Gasteiger partial charge is 0.173 e. The van der Waals surface area contributed by atoms with Crippen LogP contribution in [-0.2, 0) is 5.41 Å². The van der Waals surface area contributed by atoms with Crippen LogP contribution in [0.3, 0.4) is 0 Å². The van der Waals surface area contributed by atoms with Gasteiger partial charge in [-0.25, -0.2) is 0 Å². The molecule has 0 fully saturated rings. The van der Waals surface area contributed by atoms with Crippen LogP contribution >= 0.6 is 0 Å². The van der Waals surface area contributed by atoms with Crippen molar-refractivity contribution in [3.63, 3.8) is 0 Å². The summed E-state index contributed by atoms with van der Waals surface area (Å²) < 4.78 is 5.18. The summed E-state index contributed by atoms with van der Waals surface area (Å²) >= 11 is 0. The Balaban J connectivity index is 2.25. The van der Waals surface area contributed by atoms with Crippen molar-refractivity contribution in [3.05, 3.63) is 65.2 Å². The molecule has 0 bridgehead atoms. The van der Waals surface area contributed by atoms with Gasteiger partial charge in [0.2, 0.25) is 0 Å². The molecule has 0 aliphatic carbocycles. The van der Waals surface area contributed by atoms with Crippen LogP contribution in [0.2, 0.25) is 0 Å². The van der Waals surface area contributed by atoms with E-state index in [9.17, 15) is 9.59 Å². The molecule has 0 amide bonds. The lowest BCUT2D eigenvalue weighted by atomic mass is 9.83. The Morgan fingerprint density at radius 3 is 1.79 bits per heavy atom. The van der Waals surface area contributed by atoms with Gasteiger partial charge < -0.3 is 4.74 Å². The first kappa shape index (κ1) is 22.9. The van der Waals surface area contributed by atoms with E-state index >= 15 is 0 Å². The van der Waals surface area contributed by atoms with Crippen molar-refractivity contribution in [1.82, 2.24) is 0 Å². The highest BCUT2D eigenvalue weighted by Gasteiger charge is 2.28. The predicted molar refractivity (Wildman–Crippen MR) is 119 cm³/mol. The number of carbonyl (C=O) groups is 2. The van der Waals surface area contributed by atoms with Gasteiger partial charge in [0, 0.05) is 11.1 Å². The molecular formula is C26H34O3. The Hall–Kier alpha value is -2.42. The number of hydrogen-bond acceptors (Lipinski definition) is 3. The van der Waals surface area contributed by atoms with Gasteiger partial charge in [-0.05, 0) is 41.7 Å². The van der Waals surface area contributed by atoms with Crippen LogP contribution in [-0.4, -0.2) is 18.7 Å². The van der Waals surface area contributed by atoms with Crippen molar-refractivity contribution in [2.75, 3.05) is 7.11 Å². The Kier molecular flexibility index (Phi) is 8.19. The maximum atomic E-state index is 13.3. The SMILES string of the molecule is CCCCCCC(C(=O)c1ccc(OC)cc1)C(=O)c1ccc(C(C)(C)C)cc1. The third-order valence-electron chi connectivity index (χ3n) is 5.39. The highest BCUT2D eigenvalue weighted by molar-refractivity contribution is 6.16. The number of ether oxygens (including phenoxy) is 1. The molecule has 3 nitrogen and oxygen atoms in total. The summed E-state index contributed by atoms with van der Waals surface area (Å²) in [7, 11) is 1.60. The lowest BCUT2D eigenvalue weighted by Crippen LogP contribution is -2.25. The summed E-state index contributed by atoms with van der Waals surface area (Å²) in [4.78, 5) is 26.4. The highest BCUT2D eigenvalue weighted by Crippen LogP contribution is 2.26. The van der Waals surface area contributed by atoms with Gasteiger partial charge in [-0.3, -0.25) is 9.59 Å². The molecule has 0 saturated carbocycles. The first-order chi connectivity index (χ1) is 13.8. The number of Topliss-reactive ketones (excluding diaryl/α,β-unsaturated/α-hetero) is 2. The van der Waals surface area contributed by atoms with E-state index in [2.05, 4.69) is 27.7 Å². The number of methoxy groups -OCH3 is 1. The molecule has 3 heteroatoms. The Morgan fingerprint density at radius 2 is 1.34 bits per heavy atom. The van der Waals surface area contributed by atoms with Crippen LogP contribution in [0.15, 0.2) is 48.5 Å². The standard InChI is InChI=1S/C26H34O3/c1-6-7-8-9-10-23(25(28)20-13-17-22(29-5)18-14-20)24(27)19-11-15-21(16-12-19)26(2,3)4/h11-18,23H,6-10H2,1-5H3. The minimum atomic E-state index is -0.638. The largest absolute Gasteiger partial charge is 0.497 e. The topological polar surface area (TPSA) is 43.4 Å². The number of rotatable bonds is 10. The van der Waals surface area contributed by atoms with Gasteiger partial charge in [-0.1, -0.05) is 77.6 Å². The monoisotopic (exact) mass is 394 g/mol. The Bertz CT molecular complexity index is 795. The number of unbranched alkanes of at least 4 members (excludes halogenated alkanes) is 3. The third kappa shape index (κ3) is 6.28. The second-order valence-corrected chi connectivity index (χ2v) is 8.69. The molecule has 2 aromatic carbocycles. The minimum absolute atomic E-state index is 0.0278. The molecule has 0 spiro atoms. The van der Waals surface area contributed by atoms with E-state index in [1.54, 1.807) is 31.4 Å². The molecule has 0 heterocycles. The van der Waals surface area contributed by atoms with Gasteiger partial charge in [-0.2, -0.15) is 0 Å². The molecule has 0 radical (unpaired) electrons. The number of hydrogen-bond donors (Lipinski definition) is 0. The van der Waals surface area contributed by atoms with Crippen molar-refractivity contribution in [1.29, 1.82) is 0 Å². The van der Waals surface area contributed by atoms with Gasteiger partial charge in [0.1, 0.15) is 5.75 Å². The van der Waals surface area contributed by atoms with Crippen LogP contribution in [0.1, 0.15) is 86.1 Å². The fourth-order valence-electron chi connectivity index (χ4n) is 3.45. The summed E-state index contributed by atoms with van der Waals surface area (Å²) in [5, 5.41) is 0. The molecule has 29 heavy (non-hydrogen) atoms. The maximum Gasteiger partial charge on any atom is 0.173 e.